The highest BCUT2D eigenvalue weighted by molar-refractivity contribution is 5.98. The van der Waals surface area contributed by atoms with E-state index in [0.29, 0.717) is 23.3 Å². The first kappa shape index (κ1) is 23.4. The first-order valence-electron chi connectivity index (χ1n) is 11.9. The summed E-state index contributed by atoms with van der Waals surface area (Å²) >= 11 is 0. The fourth-order valence-electron chi connectivity index (χ4n) is 4.76. The van der Waals surface area contributed by atoms with Crippen molar-refractivity contribution in [1.82, 2.24) is 14.5 Å². The highest BCUT2D eigenvalue weighted by atomic mass is 19.1. The summed E-state index contributed by atoms with van der Waals surface area (Å²) in [7, 11) is 0. The Balaban J connectivity index is 1.65. The van der Waals surface area contributed by atoms with Crippen LogP contribution in [0, 0.1) is 28.5 Å². The normalized spacial score (nSPS) is 13.2. The van der Waals surface area contributed by atoms with Crippen molar-refractivity contribution in [2.75, 3.05) is 11.4 Å². The Morgan fingerprint density at radius 3 is 2.64 bits per heavy atom. The third-order valence-corrected chi connectivity index (χ3v) is 6.54. The van der Waals surface area contributed by atoms with Gasteiger partial charge >= 0.3 is 0 Å². The number of nitrogens with one attached hydrogen (secondary N) is 2. The Kier molecular flexibility index (Phi) is 5.89. The third kappa shape index (κ3) is 4.05. The van der Waals surface area contributed by atoms with Crippen LogP contribution in [-0.4, -0.2) is 26.9 Å². The van der Waals surface area contributed by atoms with Gasteiger partial charge < -0.3 is 4.90 Å². The van der Waals surface area contributed by atoms with Crippen LogP contribution in [0.4, 0.5) is 15.9 Å². The van der Waals surface area contributed by atoms with E-state index < -0.39 is 11.2 Å². The molecule has 0 fully saturated rings. The fourth-order valence-corrected chi connectivity index (χ4v) is 4.76. The number of rotatable bonds is 2. The van der Waals surface area contributed by atoms with E-state index in [1.54, 1.807) is 25.3 Å². The van der Waals surface area contributed by atoms with Crippen LogP contribution in [0.3, 0.4) is 0 Å². The Morgan fingerprint density at radius 2 is 1.89 bits per heavy atom. The second-order valence-corrected chi connectivity index (χ2v) is 9.46. The van der Waals surface area contributed by atoms with Gasteiger partial charge in [0.1, 0.15) is 17.5 Å². The summed E-state index contributed by atoms with van der Waals surface area (Å²) in [6, 6.07) is 16.5. The van der Waals surface area contributed by atoms with Crippen molar-refractivity contribution in [2.45, 2.75) is 39.0 Å². The van der Waals surface area contributed by atoms with E-state index >= 15 is 4.39 Å². The monoisotopic (exact) mass is 478 g/mol. The lowest BCUT2D eigenvalue weighted by Crippen LogP contribution is -2.33. The van der Waals surface area contributed by atoms with Gasteiger partial charge in [-0.3, -0.25) is 20.4 Å². The molecule has 0 atom stereocenters. The number of aromatic nitrogens is 3. The molecule has 3 heterocycles. The average molecular weight is 479 g/mol. The maximum absolute atomic E-state index is 15.2. The third-order valence-electron chi connectivity index (χ3n) is 6.54. The zero-order valence-electron chi connectivity index (χ0n) is 20.6. The van der Waals surface area contributed by atoms with Crippen LogP contribution in [0.2, 0.25) is 0 Å². The van der Waals surface area contributed by atoms with Gasteiger partial charge in [-0.05, 0) is 75.6 Å². The van der Waals surface area contributed by atoms with Gasteiger partial charge in [-0.1, -0.05) is 30.0 Å². The van der Waals surface area contributed by atoms with Gasteiger partial charge in [0.25, 0.3) is 0 Å². The summed E-state index contributed by atoms with van der Waals surface area (Å²) in [6.07, 6.45) is 3.47. The molecule has 2 N–H and O–H groups in total. The minimum atomic E-state index is -0.426. The van der Waals surface area contributed by atoms with E-state index in [2.05, 4.69) is 35.7 Å². The second-order valence-electron chi connectivity index (χ2n) is 9.46. The molecule has 4 aromatic rings. The molecule has 7 heteroatoms. The maximum Gasteiger partial charge on any atom is 0.230 e. The number of hydrogen-bond donors (Lipinski definition) is 2. The summed E-state index contributed by atoms with van der Waals surface area (Å²) in [4.78, 5) is 11.0. The van der Waals surface area contributed by atoms with Gasteiger partial charge in [0.05, 0.1) is 22.0 Å². The lowest BCUT2D eigenvalue weighted by molar-refractivity contribution is 0.637. The number of halogens is 1. The molecule has 0 aliphatic carbocycles. The minimum absolute atomic E-state index is 0.101. The molecule has 0 saturated heterocycles. The molecular weight excluding hydrogens is 451 g/mol. The van der Waals surface area contributed by atoms with Crippen LogP contribution in [-0.2, 0) is 11.8 Å². The van der Waals surface area contributed by atoms with Gasteiger partial charge in [-0.15, -0.1) is 0 Å². The second kappa shape index (κ2) is 9.04. The lowest BCUT2D eigenvalue weighted by Gasteiger charge is -2.32. The molecule has 0 bridgehead atoms. The van der Waals surface area contributed by atoms with E-state index in [-0.39, 0.29) is 11.5 Å². The SMILES string of the molecule is CC(=N)n1c(=N)nc(N2CCCc3c(C#CC(C)(C)c4ccccn4)cccc32)c2c(F)cccc21. The van der Waals surface area contributed by atoms with Crippen LogP contribution >= 0.6 is 0 Å². The van der Waals surface area contributed by atoms with Gasteiger partial charge in [0.2, 0.25) is 5.62 Å². The first-order chi connectivity index (χ1) is 17.3. The molecule has 0 spiro atoms. The molecule has 6 nitrogen and oxygen atoms in total. The molecule has 0 saturated carbocycles. The Bertz CT molecular complexity index is 1610. The first-order valence-corrected chi connectivity index (χ1v) is 11.9. The molecule has 1 aliphatic heterocycles. The number of nitrogens with zero attached hydrogens (tertiary/aromatic N) is 4. The van der Waals surface area contributed by atoms with Crippen molar-refractivity contribution in [1.29, 1.82) is 10.8 Å². The molecule has 0 radical (unpaired) electrons. The summed E-state index contributed by atoms with van der Waals surface area (Å²) in [5, 5.41) is 16.9. The summed E-state index contributed by atoms with van der Waals surface area (Å²) in [5.74, 6) is 6.87. The summed E-state index contributed by atoms with van der Waals surface area (Å²) in [5.41, 5.74) is 3.79. The molecule has 2 aromatic carbocycles. The van der Waals surface area contributed by atoms with E-state index in [9.17, 15) is 0 Å². The molecule has 36 heavy (non-hydrogen) atoms. The van der Waals surface area contributed by atoms with Gasteiger partial charge in [0.15, 0.2) is 0 Å². The number of pyridine rings is 1. The van der Waals surface area contributed by atoms with Gasteiger partial charge in [-0.2, -0.15) is 4.98 Å². The van der Waals surface area contributed by atoms with E-state index in [1.165, 1.54) is 10.6 Å². The zero-order chi connectivity index (χ0) is 25.4. The quantitative estimate of drug-likeness (QED) is 0.233. The number of anilines is 2. The Labute approximate surface area is 209 Å². The average Bonchev–Trinajstić information content (AvgIpc) is 2.87. The summed E-state index contributed by atoms with van der Waals surface area (Å²) in [6.45, 7) is 6.33. The highest BCUT2D eigenvalue weighted by Gasteiger charge is 2.26. The molecule has 180 valence electrons. The minimum Gasteiger partial charge on any atom is -0.325 e. The van der Waals surface area contributed by atoms with Crippen molar-refractivity contribution in [3.8, 4) is 11.8 Å². The van der Waals surface area contributed by atoms with Crippen molar-refractivity contribution in [2.24, 2.45) is 0 Å². The van der Waals surface area contributed by atoms with Crippen molar-refractivity contribution in [3.63, 3.8) is 0 Å². The largest absolute Gasteiger partial charge is 0.325 e. The van der Waals surface area contributed by atoms with Crippen molar-refractivity contribution < 1.29 is 4.39 Å². The molecule has 1 aliphatic rings. The molecule has 0 unspecified atom stereocenters. The zero-order valence-corrected chi connectivity index (χ0v) is 20.6. The number of fused-ring (bicyclic) bond motifs is 2. The van der Waals surface area contributed by atoms with Gasteiger partial charge in [0, 0.05) is 24.0 Å². The van der Waals surface area contributed by atoms with Crippen LogP contribution in [0.5, 0.6) is 0 Å². The molecule has 0 amide bonds. The smallest absolute Gasteiger partial charge is 0.230 e. The standard InChI is InChI=1S/C29H27FN6/c1-19(31)36-24-13-7-11-22(30)26(24)27(34-28(36)32)35-18-8-10-21-20(9-6-12-23(21)35)15-16-29(2,3)25-14-4-5-17-33-25/h4-7,9,11-14,17,31-32H,8,10,18H2,1-3H3. The van der Waals surface area contributed by atoms with E-state index in [1.807, 2.05) is 41.3 Å². The van der Waals surface area contributed by atoms with Crippen LogP contribution < -0.4 is 10.5 Å². The Morgan fingerprint density at radius 1 is 1.08 bits per heavy atom. The lowest BCUT2D eigenvalue weighted by atomic mass is 9.88. The summed E-state index contributed by atoms with van der Waals surface area (Å²) < 4.78 is 16.6. The maximum atomic E-state index is 15.2. The topological polar surface area (TPSA) is 81.7 Å². The van der Waals surface area contributed by atoms with Crippen LogP contribution in [0.15, 0.2) is 60.8 Å². The Hall–Kier alpha value is -4.31. The highest BCUT2D eigenvalue weighted by Crippen LogP contribution is 2.37. The van der Waals surface area contributed by atoms with Crippen LogP contribution in [0.1, 0.15) is 44.0 Å². The van der Waals surface area contributed by atoms with E-state index in [4.69, 9.17) is 10.8 Å². The van der Waals surface area contributed by atoms with Gasteiger partial charge in [-0.25, -0.2) is 4.39 Å². The van der Waals surface area contributed by atoms with Crippen LogP contribution in [0.25, 0.3) is 10.9 Å². The number of hydrogen-bond acceptors (Lipinski definition) is 5. The van der Waals surface area contributed by atoms with E-state index in [0.717, 1.165) is 35.3 Å². The molecular formula is C29H27FN6. The predicted octanol–water partition coefficient (Wildman–Crippen LogP) is 5.31. The molecule has 5 rings (SSSR count). The fraction of sp³-hybridized carbons (Fsp3) is 0.241. The predicted molar refractivity (Wildman–Crippen MR) is 140 cm³/mol. The van der Waals surface area contributed by atoms with Crippen molar-refractivity contribution in [3.05, 3.63) is 89.1 Å². The van der Waals surface area contributed by atoms with Crippen molar-refractivity contribution >= 4 is 28.2 Å². The number of benzene rings is 2. The molecule has 2 aromatic heterocycles.